The maximum absolute atomic E-state index is 11.9. The molecule has 1 unspecified atom stereocenters. The summed E-state index contributed by atoms with van der Waals surface area (Å²) in [7, 11) is 1.33. The molecule has 6 nitrogen and oxygen atoms in total. The normalized spacial score (nSPS) is 13.4. The van der Waals surface area contributed by atoms with E-state index in [9.17, 15) is 14.9 Å². The van der Waals surface area contributed by atoms with Crippen molar-refractivity contribution in [1.29, 1.82) is 0 Å². The Hall–Kier alpha value is -2.11. The Morgan fingerprint density at radius 1 is 1.50 bits per heavy atom. The number of rotatable bonds is 6. The number of nitrogens with one attached hydrogen (secondary N) is 1. The van der Waals surface area contributed by atoms with Crippen LogP contribution in [0.2, 0.25) is 0 Å². The largest absolute Gasteiger partial charge is 0.467 e. The predicted octanol–water partition coefficient (Wildman–Crippen LogP) is 3.05. The van der Waals surface area contributed by atoms with Crippen molar-refractivity contribution < 1.29 is 14.5 Å². The molecule has 6 heteroatoms. The molecule has 0 aromatic heterocycles. The molecule has 1 atom stereocenters. The SMILES string of the molecule is CCCC(C)(Nc1cccc([N+](=O)[O-])c1C)C(=O)OC. The highest BCUT2D eigenvalue weighted by atomic mass is 16.6. The molecule has 0 aliphatic rings. The van der Waals surface area contributed by atoms with E-state index in [1.165, 1.54) is 13.2 Å². The number of carbonyl (C=O) groups is 1. The number of hydrogen-bond donors (Lipinski definition) is 1. The third-order valence-electron chi connectivity index (χ3n) is 3.30. The maximum Gasteiger partial charge on any atom is 0.331 e. The van der Waals surface area contributed by atoms with Crippen LogP contribution < -0.4 is 5.32 Å². The molecule has 1 rings (SSSR count). The van der Waals surface area contributed by atoms with E-state index in [0.29, 0.717) is 17.7 Å². The second-order valence-electron chi connectivity index (χ2n) is 4.91. The van der Waals surface area contributed by atoms with Crippen LogP contribution in [0.4, 0.5) is 11.4 Å². The van der Waals surface area contributed by atoms with Gasteiger partial charge in [0.1, 0.15) is 5.54 Å². The van der Waals surface area contributed by atoms with E-state index in [2.05, 4.69) is 5.32 Å². The van der Waals surface area contributed by atoms with E-state index >= 15 is 0 Å². The first-order valence-corrected chi connectivity index (χ1v) is 6.46. The maximum atomic E-state index is 11.9. The number of methoxy groups -OCH3 is 1. The lowest BCUT2D eigenvalue weighted by atomic mass is 9.95. The molecule has 20 heavy (non-hydrogen) atoms. The Bertz CT molecular complexity index is 516. The fourth-order valence-corrected chi connectivity index (χ4v) is 2.19. The number of hydrogen-bond acceptors (Lipinski definition) is 5. The zero-order valence-electron chi connectivity index (χ0n) is 12.2. The smallest absolute Gasteiger partial charge is 0.331 e. The lowest BCUT2D eigenvalue weighted by molar-refractivity contribution is -0.385. The molecule has 0 saturated heterocycles. The Labute approximate surface area is 118 Å². The summed E-state index contributed by atoms with van der Waals surface area (Å²) in [6.07, 6.45) is 1.36. The second-order valence-corrected chi connectivity index (χ2v) is 4.91. The minimum Gasteiger partial charge on any atom is -0.467 e. The molecular formula is C14H20N2O4. The first-order valence-electron chi connectivity index (χ1n) is 6.46. The zero-order chi connectivity index (χ0) is 15.3. The van der Waals surface area contributed by atoms with Crippen LogP contribution in [-0.4, -0.2) is 23.5 Å². The summed E-state index contributed by atoms with van der Waals surface area (Å²) in [5.41, 5.74) is 0.201. The van der Waals surface area contributed by atoms with Gasteiger partial charge in [0, 0.05) is 17.3 Å². The molecule has 0 radical (unpaired) electrons. The van der Waals surface area contributed by atoms with E-state index in [1.807, 2.05) is 6.92 Å². The predicted molar refractivity (Wildman–Crippen MR) is 76.8 cm³/mol. The number of esters is 1. The number of carbonyl (C=O) groups excluding carboxylic acids is 1. The Kier molecular flexibility index (Phi) is 5.07. The van der Waals surface area contributed by atoms with E-state index in [-0.39, 0.29) is 11.7 Å². The van der Waals surface area contributed by atoms with Crippen LogP contribution >= 0.6 is 0 Å². The van der Waals surface area contributed by atoms with Crippen LogP contribution in [0.5, 0.6) is 0 Å². The van der Waals surface area contributed by atoms with Crippen molar-refractivity contribution in [2.24, 2.45) is 0 Å². The molecule has 0 bridgehead atoms. The number of nitro groups is 1. The van der Waals surface area contributed by atoms with Gasteiger partial charge in [0.05, 0.1) is 12.0 Å². The van der Waals surface area contributed by atoms with Crippen molar-refractivity contribution in [2.45, 2.75) is 39.2 Å². The van der Waals surface area contributed by atoms with Crippen LogP contribution in [0, 0.1) is 17.0 Å². The summed E-state index contributed by atoms with van der Waals surface area (Å²) in [6.45, 7) is 5.36. The number of anilines is 1. The lowest BCUT2D eigenvalue weighted by Crippen LogP contribution is -2.44. The van der Waals surface area contributed by atoms with E-state index in [1.54, 1.807) is 26.0 Å². The zero-order valence-corrected chi connectivity index (χ0v) is 12.2. The number of nitrogens with zero attached hydrogens (tertiary/aromatic N) is 1. The highest BCUT2D eigenvalue weighted by molar-refractivity contribution is 5.84. The van der Waals surface area contributed by atoms with Gasteiger partial charge in [-0.3, -0.25) is 10.1 Å². The van der Waals surface area contributed by atoms with Gasteiger partial charge in [-0.05, 0) is 26.3 Å². The fourth-order valence-electron chi connectivity index (χ4n) is 2.19. The number of ether oxygens (including phenoxy) is 1. The molecule has 0 amide bonds. The van der Waals surface area contributed by atoms with Crippen molar-refractivity contribution in [2.75, 3.05) is 12.4 Å². The van der Waals surface area contributed by atoms with Crippen molar-refractivity contribution in [3.05, 3.63) is 33.9 Å². The monoisotopic (exact) mass is 280 g/mol. The van der Waals surface area contributed by atoms with E-state index in [4.69, 9.17) is 4.74 Å². The first-order chi connectivity index (χ1) is 9.35. The van der Waals surface area contributed by atoms with Crippen LogP contribution in [0.25, 0.3) is 0 Å². The fraction of sp³-hybridized carbons (Fsp3) is 0.500. The van der Waals surface area contributed by atoms with E-state index in [0.717, 1.165) is 6.42 Å². The second kappa shape index (κ2) is 6.36. The minimum absolute atomic E-state index is 0.0266. The van der Waals surface area contributed by atoms with Crippen molar-refractivity contribution in [3.8, 4) is 0 Å². The van der Waals surface area contributed by atoms with Gasteiger partial charge in [-0.25, -0.2) is 4.79 Å². The standard InChI is InChI=1S/C14H20N2O4/c1-5-9-14(3,13(17)20-4)15-11-7-6-8-12(10(11)2)16(18)19/h6-8,15H,5,9H2,1-4H3. The van der Waals surface area contributed by atoms with Crippen molar-refractivity contribution in [3.63, 3.8) is 0 Å². The summed E-state index contributed by atoms with van der Waals surface area (Å²) < 4.78 is 4.82. The molecule has 1 aromatic rings. The van der Waals surface area contributed by atoms with Gasteiger partial charge < -0.3 is 10.1 Å². The third-order valence-corrected chi connectivity index (χ3v) is 3.30. The number of benzene rings is 1. The van der Waals surface area contributed by atoms with Gasteiger partial charge >= 0.3 is 5.97 Å². The minimum atomic E-state index is -0.899. The molecule has 0 heterocycles. The van der Waals surface area contributed by atoms with Gasteiger partial charge in [0.25, 0.3) is 5.69 Å². The first kappa shape index (κ1) is 15.9. The summed E-state index contributed by atoms with van der Waals surface area (Å²) in [5, 5.41) is 14.0. The molecule has 0 saturated carbocycles. The molecule has 0 spiro atoms. The topological polar surface area (TPSA) is 81.5 Å². The number of nitro benzene ring substituents is 1. The van der Waals surface area contributed by atoms with Crippen LogP contribution in [0.1, 0.15) is 32.3 Å². The van der Waals surface area contributed by atoms with Gasteiger partial charge in [-0.15, -0.1) is 0 Å². The molecule has 0 aliphatic heterocycles. The van der Waals surface area contributed by atoms with Gasteiger partial charge in [-0.1, -0.05) is 19.4 Å². The van der Waals surface area contributed by atoms with Crippen LogP contribution in [-0.2, 0) is 9.53 Å². The summed E-state index contributed by atoms with van der Waals surface area (Å²) in [6, 6.07) is 4.76. The molecule has 0 fully saturated rings. The van der Waals surface area contributed by atoms with E-state index < -0.39 is 10.5 Å². The summed E-state index contributed by atoms with van der Waals surface area (Å²) in [5.74, 6) is -0.384. The molecule has 110 valence electrons. The highest BCUT2D eigenvalue weighted by Crippen LogP contribution is 2.29. The highest BCUT2D eigenvalue weighted by Gasteiger charge is 2.34. The molecule has 0 aliphatic carbocycles. The molecular weight excluding hydrogens is 260 g/mol. The Morgan fingerprint density at radius 2 is 2.15 bits per heavy atom. The van der Waals surface area contributed by atoms with Crippen LogP contribution in [0.3, 0.4) is 0 Å². The van der Waals surface area contributed by atoms with Gasteiger partial charge in [0.15, 0.2) is 0 Å². The Morgan fingerprint density at radius 3 is 2.65 bits per heavy atom. The van der Waals surface area contributed by atoms with Crippen LogP contribution in [0.15, 0.2) is 18.2 Å². The molecule has 1 N–H and O–H groups in total. The summed E-state index contributed by atoms with van der Waals surface area (Å²) >= 11 is 0. The van der Waals surface area contributed by atoms with Gasteiger partial charge in [0.2, 0.25) is 0 Å². The Balaban J connectivity index is 3.15. The molecule has 1 aromatic carbocycles. The average Bonchev–Trinajstić information content (AvgIpc) is 2.40. The van der Waals surface area contributed by atoms with Crippen molar-refractivity contribution >= 4 is 17.3 Å². The average molecular weight is 280 g/mol. The lowest BCUT2D eigenvalue weighted by Gasteiger charge is -2.29. The van der Waals surface area contributed by atoms with Gasteiger partial charge in [-0.2, -0.15) is 0 Å². The summed E-state index contributed by atoms with van der Waals surface area (Å²) in [4.78, 5) is 22.4. The van der Waals surface area contributed by atoms with Crippen molar-refractivity contribution in [1.82, 2.24) is 0 Å². The third kappa shape index (κ3) is 3.26. The quantitative estimate of drug-likeness (QED) is 0.492.